The van der Waals surface area contributed by atoms with E-state index in [4.69, 9.17) is 26.3 Å². The second-order valence-corrected chi connectivity index (χ2v) is 46.9. The molecule has 0 unspecified atom stereocenters. The molecule has 0 radical (unpaired) electrons. The van der Waals surface area contributed by atoms with Crippen LogP contribution in [0.4, 0.5) is 22.7 Å². The predicted molar refractivity (Wildman–Crippen MR) is 611 cm³/mol. The van der Waals surface area contributed by atoms with Gasteiger partial charge in [-0.25, -0.2) is 19.4 Å². The molecular formula is C133H91N9Si3. The van der Waals surface area contributed by atoms with Crippen molar-refractivity contribution in [2.75, 3.05) is 0 Å². The normalized spacial score (nSPS) is 11.2. The van der Waals surface area contributed by atoms with E-state index in [1.54, 1.807) is 0 Å². The lowest BCUT2D eigenvalue weighted by Gasteiger charge is -2.36. The van der Waals surface area contributed by atoms with Crippen molar-refractivity contribution in [1.29, 1.82) is 10.5 Å². The molecule has 0 N–H and O–H groups in total. The van der Waals surface area contributed by atoms with E-state index in [1.165, 1.54) is 57.5 Å². The quantitative estimate of drug-likeness (QED) is 0.0487. The lowest BCUT2D eigenvalue weighted by molar-refractivity contribution is 1.18. The number of fused-ring (bicyclic) bond motifs is 9. The monoisotopic (exact) mass is 1900 g/mol. The maximum atomic E-state index is 10.8. The SMILES string of the molecule is C.[C-]#[N+]c1cc(-c2ccc([N+]#[C-])c([Si](c3ccccc3)(c3ccccc3)c3ccccc3)c2)ccc1-n1c2ccccc2c2ccccc21.[C-]#[N+]c1cc(-c2ccc([Si](c3ccccc3)(c3ccccc3)c3ccccc3)c(C#N)c2)ccc1-n1c2ccccc2c2ccccc21.[C-]#[N+]c1cc(-n2c3ccccc3c3ccccc32)ccc1-c1cccc(C#N)c1[Si](c1ccccc1)(c1ccccc1)c1ccccc1. The highest BCUT2D eigenvalue weighted by molar-refractivity contribution is 7.22. The van der Waals surface area contributed by atoms with Crippen molar-refractivity contribution in [3.05, 3.63) is 585 Å². The third-order valence-corrected chi connectivity index (χ3v) is 42.8. The molecule has 3 heterocycles. The van der Waals surface area contributed by atoms with Crippen LogP contribution in [0, 0.1) is 49.0 Å². The lowest BCUT2D eigenvalue weighted by Crippen LogP contribution is -2.75. The lowest BCUT2D eigenvalue weighted by atomic mass is 10.0. The molecule has 3 aromatic heterocycles. The molecule has 0 bridgehead atoms. The van der Waals surface area contributed by atoms with Gasteiger partial charge in [0.25, 0.3) is 0 Å². The molecule has 9 nitrogen and oxygen atoms in total. The Morgan fingerprint density at radius 2 is 0.476 bits per heavy atom. The van der Waals surface area contributed by atoms with Gasteiger partial charge in [-0.2, -0.15) is 10.5 Å². The highest BCUT2D eigenvalue weighted by atomic mass is 28.3. The highest BCUT2D eigenvalue weighted by Gasteiger charge is 2.47. The number of benzene rings is 21. The Bertz CT molecular complexity index is 8820. The van der Waals surface area contributed by atoms with Gasteiger partial charge in [0, 0.05) is 38.0 Å². The van der Waals surface area contributed by atoms with Crippen LogP contribution in [0.25, 0.3) is 135 Å². The Balaban J connectivity index is 0.000000128. The molecule has 24 aromatic rings. The van der Waals surface area contributed by atoms with Crippen molar-refractivity contribution >= 4 is 175 Å². The van der Waals surface area contributed by atoms with Crippen molar-refractivity contribution in [2.24, 2.45) is 0 Å². The average molecular weight is 1900 g/mol. The average Bonchev–Trinajstić information content (AvgIpc) is 1.62. The van der Waals surface area contributed by atoms with Crippen LogP contribution in [0.2, 0.25) is 0 Å². The summed E-state index contributed by atoms with van der Waals surface area (Å²) in [7, 11) is -8.92. The summed E-state index contributed by atoms with van der Waals surface area (Å²) in [6.07, 6.45) is 0. The highest BCUT2D eigenvalue weighted by Crippen LogP contribution is 2.43. The van der Waals surface area contributed by atoms with E-state index >= 15 is 0 Å². The first kappa shape index (κ1) is 92.0. The van der Waals surface area contributed by atoms with E-state index in [0.717, 1.165) is 121 Å². The van der Waals surface area contributed by atoms with Crippen LogP contribution in [0.15, 0.2) is 528 Å². The fourth-order valence-electron chi connectivity index (χ4n) is 22.1. The summed E-state index contributed by atoms with van der Waals surface area (Å²) in [6.45, 7) is 33.3. The van der Waals surface area contributed by atoms with Crippen molar-refractivity contribution in [1.82, 2.24) is 13.7 Å². The first-order chi connectivity index (χ1) is 71.2. The number of hydrogen-bond donors (Lipinski definition) is 0. The van der Waals surface area contributed by atoms with E-state index in [2.05, 4.69) is 458 Å². The second-order valence-electron chi connectivity index (χ2n) is 35.7. The molecule has 680 valence electrons. The summed E-state index contributed by atoms with van der Waals surface area (Å²) >= 11 is 0. The van der Waals surface area contributed by atoms with Gasteiger partial charge in [0.05, 0.1) is 94.0 Å². The van der Waals surface area contributed by atoms with Crippen LogP contribution in [-0.2, 0) is 0 Å². The van der Waals surface area contributed by atoms with E-state index in [0.29, 0.717) is 33.9 Å². The van der Waals surface area contributed by atoms with E-state index in [9.17, 15) is 10.5 Å². The van der Waals surface area contributed by atoms with Gasteiger partial charge in [-0.1, -0.05) is 450 Å². The Morgan fingerprint density at radius 3 is 0.800 bits per heavy atom. The van der Waals surface area contributed by atoms with Crippen molar-refractivity contribution in [3.8, 4) is 62.6 Å². The zero-order chi connectivity index (χ0) is 97.5. The van der Waals surface area contributed by atoms with Gasteiger partial charge in [-0.15, -0.1) is 0 Å². The summed E-state index contributed by atoms with van der Waals surface area (Å²) in [5.41, 5.74) is 18.2. The number of rotatable bonds is 18. The maximum Gasteiger partial charge on any atom is 0.211 e. The smallest absolute Gasteiger partial charge is 0.211 e. The van der Waals surface area contributed by atoms with E-state index in [1.807, 2.05) is 115 Å². The third-order valence-electron chi connectivity index (χ3n) is 28.2. The molecule has 0 aliphatic heterocycles. The third kappa shape index (κ3) is 16.1. The first-order valence-electron chi connectivity index (χ1n) is 47.8. The molecule has 0 aliphatic carbocycles. The molecule has 0 aliphatic rings. The van der Waals surface area contributed by atoms with Gasteiger partial charge in [0.15, 0.2) is 35.6 Å². The van der Waals surface area contributed by atoms with Gasteiger partial charge in [-0.3, -0.25) is 0 Å². The minimum absolute atomic E-state index is 0. The minimum Gasteiger partial charge on any atom is -0.319 e. The fourth-order valence-corrected chi connectivity index (χ4v) is 37.0. The molecule has 0 amide bonds. The standard InChI is InChI=1S/3C44H29N3Si.CH4/c1-45-39-28-26-33(31-44(39)48(34-16-6-3-7-17-34,35-18-8-4-9-19-35)36-20-10-5-11-21-36)32-27-29-43(40(30-32)46-2)47-41-24-14-12-22-37(41)38-23-13-15-25-42(38)47;1-46-41-30-33(47-42-26-13-11-23-38(42)39-24-12-14-27-43(39)47)28-29-37(41)40-25-15-16-32(31-45)44(40)48(34-17-5-2-6-18-34,35-19-7-3-8-20-35)36-21-9-4-10-22-36;1-46-40-30-33(25-27-43(40)47-41-23-13-11-21-38(41)39-22-12-14-24-42(39)47)32-26-28-44(34(29-32)31-45)48(35-15-5-2-6-16-35,36-17-7-3-8-18-36)37-19-9-4-10-20-37;/h3-31H;2*2-30H;1H4. The Labute approximate surface area is 847 Å². The molecule has 21 aromatic carbocycles. The Hall–Kier alpha value is -19.4. The summed E-state index contributed by atoms with van der Waals surface area (Å²) in [5.74, 6) is 0. The summed E-state index contributed by atoms with van der Waals surface area (Å²) in [5, 5.41) is 42.5. The van der Waals surface area contributed by atoms with Crippen LogP contribution in [-0.4, -0.2) is 37.9 Å². The molecule has 0 saturated carbocycles. The Kier molecular flexibility index (Phi) is 25.5. The van der Waals surface area contributed by atoms with Gasteiger partial charge in [0.1, 0.15) is 0 Å². The zero-order valence-electron chi connectivity index (χ0n) is 78.3. The topological polar surface area (TPSA) is 79.8 Å². The van der Waals surface area contributed by atoms with E-state index in [-0.39, 0.29) is 7.43 Å². The Morgan fingerprint density at radius 1 is 0.200 bits per heavy atom. The minimum atomic E-state index is -3.10. The summed E-state index contributed by atoms with van der Waals surface area (Å²) < 4.78 is 6.63. The maximum absolute atomic E-state index is 10.8. The molecule has 24 rings (SSSR count). The molecular weight excluding hydrogens is 1810 g/mol. The van der Waals surface area contributed by atoms with Crippen molar-refractivity contribution in [2.45, 2.75) is 7.43 Å². The van der Waals surface area contributed by atoms with Crippen LogP contribution in [0.3, 0.4) is 0 Å². The molecule has 12 heteroatoms. The van der Waals surface area contributed by atoms with Gasteiger partial charge >= 0.3 is 0 Å². The number of nitrogens with zero attached hydrogens (tertiary/aromatic N) is 9. The zero-order valence-corrected chi connectivity index (χ0v) is 81.3. The molecule has 145 heavy (non-hydrogen) atoms. The summed E-state index contributed by atoms with van der Waals surface area (Å²) in [6, 6.07) is 188. The largest absolute Gasteiger partial charge is 0.319 e. The van der Waals surface area contributed by atoms with Crippen LogP contribution < -0.4 is 62.2 Å². The predicted octanol–water partition coefficient (Wildman–Crippen LogP) is 26.1. The van der Waals surface area contributed by atoms with E-state index < -0.39 is 24.2 Å². The van der Waals surface area contributed by atoms with Gasteiger partial charge in [-0.05, 0) is 181 Å². The van der Waals surface area contributed by atoms with Crippen molar-refractivity contribution in [3.63, 3.8) is 0 Å². The van der Waals surface area contributed by atoms with Crippen LogP contribution in [0.1, 0.15) is 18.6 Å². The van der Waals surface area contributed by atoms with Crippen molar-refractivity contribution < 1.29 is 0 Å². The molecule has 0 fully saturated rings. The molecule has 0 saturated heterocycles. The van der Waals surface area contributed by atoms with Gasteiger partial charge in [0.2, 0.25) is 11.4 Å². The number of aromatic nitrogens is 3. The first-order valence-corrected chi connectivity index (χ1v) is 53.8. The molecule has 0 spiro atoms. The van der Waals surface area contributed by atoms with Gasteiger partial charge < -0.3 is 13.7 Å². The fraction of sp³-hybridized carbons (Fsp3) is 0.00752. The van der Waals surface area contributed by atoms with Crippen LogP contribution in [0.5, 0.6) is 0 Å². The number of nitriles is 2. The van der Waals surface area contributed by atoms with Crippen LogP contribution >= 0.6 is 0 Å². The summed E-state index contributed by atoms with van der Waals surface area (Å²) in [4.78, 5) is 16.3. The molecule has 0 atom stereocenters. The second kappa shape index (κ2) is 40.2. The number of hydrogen-bond acceptors (Lipinski definition) is 2. The number of para-hydroxylation sites is 6.